The number of phenols is 1. The summed E-state index contributed by atoms with van der Waals surface area (Å²) in [6, 6.07) is 6.59. The fraction of sp³-hybridized carbons (Fsp3) is 0.424. The van der Waals surface area contributed by atoms with Crippen LogP contribution in [0.2, 0.25) is 0 Å². The fourth-order valence-corrected chi connectivity index (χ4v) is 7.27. The van der Waals surface area contributed by atoms with Gasteiger partial charge < -0.3 is 40.8 Å². The van der Waals surface area contributed by atoms with E-state index in [4.69, 9.17) is 21.2 Å². The summed E-state index contributed by atoms with van der Waals surface area (Å²) < 4.78 is 5.63. The van der Waals surface area contributed by atoms with E-state index in [1.54, 1.807) is 25.1 Å². The molecule has 46 heavy (non-hydrogen) atoms. The maximum absolute atomic E-state index is 14.2. The summed E-state index contributed by atoms with van der Waals surface area (Å²) in [5.41, 5.74) is 5.38. The largest absolute Gasteiger partial charge is 0.507 e. The molecule has 8 N–H and O–H groups in total. The van der Waals surface area contributed by atoms with Crippen LogP contribution in [0.25, 0.3) is 5.76 Å². The third-order valence-corrected chi connectivity index (χ3v) is 9.30. The van der Waals surface area contributed by atoms with Crippen molar-refractivity contribution in [3.63, 3.8) is 0 Å². The molecular weight excluding hydrogens is 594 g/mol. The molecule has 0 bridgehead atoms. The van der Waals surface area contributed by atoms with Gasteiger partial charge in [0.05, 0.1) is 23.9 Å². The Morgan fingerprint density at radius 2 is 1.83 bits per heavy atom. The third kappa shape index (κ3) is 4.95. The molecule has 1 saturated carbocycles. The number of aryl methyl sites for hydroxylation is 1. The van der Waals surface area contributed by atoms with Gasteiger partial charge in [0.15, 0.2) is 11.4 Å². The topological polar surface area (TPSA) is 201 Å². The molecule has 0 aromatic heterocycles. The van der Waals surface area contributed by atoms with Gasteiger partial charge in [-0.25, -0.2) is 0 Å². The van der Waals surface area contributed by atoms with Crippen molar-refractivity contribution in [2.75, 3.05) is 45.0 Å². The van der Waals surface area contributed by atoms with Gasteiger partial charge in [-0.1, -0.05) is 12.1 Å². The lowest BCUT2D eigenvalue weighted by molar-refractivity contribution is -0.162. The molecule has 2 aromatic carbocycles. The number of fused-ring (bicyclic) bond motifs is 3. The zero-order chi connectivity index (χ0) is 33.8. The first-order valence-corrected chi connectivity index (χ1v) is 15.0. The second-order valence-electron chi connectivity index (χ2n) is 12.5. The molecule has 13 heteroatoms. The van der Waals surface area contributed by atoms with E-state index in [0.717, 1.165) is 16.9 Å². The lowest BCUT2D eigenvalue weighted by Crippen LogP contribution is -2.67. The number of likely N-dealkylation sites (N-methyl/N-ethyl adjacent to an activating group) is 1. The molecule has 5 rings (SSSR count). The SMILES string of the molecule is CCOc1ccc(CNc2cc(N(C)C)c3c(c2O)C(O)=C2C(=O)[C@]4(O)C(=O)C(C(N)=O)=C(ON)[C@@H](N(C)C)[C@@H]4C[C@@H]2C3)cc1C. The Morgan fingerprint density at radius 1 is 1.13 bits per heavy atom. The predicted molar refractivity (Wildman–Crippen MR) is 171 cm³/mol. The molecule has 0 saturated heterocycles. The van der Waals surface area contributed by atoms with E-state index < -0.39 is 52.3 Å². The summed E-state index contributed by atoms with van der Waals surface area (Å²) >= 11 is 0. The van der Waals surface area contributed by atoms with Crippen LogP contribution in [-0.4, -0.2) is 84.1 Å². The Kier molecular flexibility index (Phi) is 8.53. The summed E-state index contributed by atoms with van der Waals surface area (Å²) in [4.78, 5) is 48.8. The number of rotatable bonds is 9. The summed E-state index contributed by atoms with van der Waals surface area (Å²) in [5, 5.41) is 38.4. The van der Waals surface area contributed by atoms with Crippen molar-refractivity contribution in [2.45, 2.75) is 44.9 Å². The average molecular weight is 636 g/mol. The molecule has 0 spiro atoms. The van der Waals surface area contributed by atoms with Gasteiger partial charge in [-0.3, -0.25) is 19.3 Å². The number of anilines is 2. The second kappa shape index (κ2) is 12.0. The smallest absolute Gasteiger partial charge is 0.256 e. The minimum Gasteiger partial charge on any atom is -0.507 e. The van der Waals surface area contributed by atoms with Crippen LogP contribution in [-0.2, 0) is 32.2 Å². The summed E-state index contributed by atoms with van der Waals surface area (Å²) in [5.74, 6) is 0.000670. The van der Waals surface area contributed by atoms with E-state index in [9.17, 15) is 29.7 Å². The molecule has 246 valence electrons. The number of hydrogen-bond acceptors (Lipinski definition) is 12. The highest BCUT2D eigenvalue weighted by molar-refractivity contribution is 6.33. The van der Waals surface area contributed by atoms with Crippen molar-refractivity contribution < 1.29 is 39.3 Å². The number of ether oxygens (including phenoxy) is 1. The number of benzene rings is 2. The number of Topliss-reactive ketones (excluding diaryl/α,β-unsaturated/α-hetero) is 2. The molecule has 13 nitrogen and oxygen atoms in total. The van der Waals surface area contributed by atoms with Crippen molar-refractivity contribution in [1.29, 1.82) is 0 Å². The summed E-state index contributed by atoms with van der Waals surface area (Å²) in [6.07, 6.45) is 0.269. The normalized spacial score (nSPS) is 24.0. The van der Waals surface area contributed by atoms with Gasteiger partial charge >= 0.3 is 0 Å². The number of primary amides is 1. The maximum Gasteiger partial charge on any atom is 0.256 e. The first kappa shape index (κ1) is 32.8. The Bertz CT molecular complexity index is 1700. The number of carbonyl (C=O) groups excluding carboxylic acids is 3. The lowest BCUT2D eigenvalue weighted by atomic mass is 9.57. The number of carbonyl (C=O) groups is 3. The average Bonchev–Trinajstić information content (AvgIpc) is 2.98. The van der Waals surface area contributed by atoms with E-state index in [2.05, 4.69) is 5.32 Å². The molecule has 1 fully saturated rings. The van der Waals surface area contributed by atoms with Crippen LogP contribution < -0.4 is 26.6 Å². The maximum atomic E-state index is 14.2. The lowest BCUT2D eigenvalue weighted by Gasteiger charge is -2.50. The first-order chi connectivity index (χ1) is 21.7. The Labute approximate surface area is 267 Å². The van der Waals surface area contributed by atoms with Crippen LogP contribution in [0.3, 0.4) is 0 Å². The van der Waals surface area contributed by atoms with Gasteiger partial charge in [-0.2, -0.15) is 5.90 Å². The molecule has 2 aromatic rings. The minimum absolute atomic E-state index is 0.0299. The van der Waals surface area contributed by atoms with E-state index in [0.29, 0.717) is 30.1 Å². The van der Waals surface area contributed by atoms with E-state index >= 15 is 0 Å². The quantitative estimate of drug-likeness (QED) is 0.101. The fourth-order valence-electron chi connectivity index (χ4n) is 7.27. The third-order valence-electron chi connectivity index (χ3n) is 9.30. The standard InChI is InChI=1S/C33H41N5O8/c1-7-45-22-9-8-16(10-15(22)2)14-36-20-13-21(37(3)4)18-11-17-12-19-26(38(5)6)29(46-35)25(32(34)43)31(42)33(19,44)30(41)23(17)28(40)24(18)27(20)39/h8-10,13,17,19,26,36,39-40,44H,7,11-12,14,35H2,1-6H3,(H2,34,43)/t17-,19-,26-,33-/m0/s1. The van der Waals surface area contributed by atoms with E-state index in [-0.39, 0.29) is 35.5 Å². The van der Waals surface area contributed by atoms with E-state index in [1.807, 2.05) is 51.0 Å². The van der Waals surface area contributed by atoms with Crippen molar-refractivity contribution in [1.82, 2.24) is 4.90 Å². The molecule has 3 aliphatic carbocycles. The van der Waals surface area contributed by atoms with Gasteiger partial charge in [0.2, 0.25) is 11.6 Å². The molecule has 1 amide bonds. The Hall–Kier alpha value is -4.59. The van der Waals surface area contributed by atoms with Crippen LogP contribution in [0.4, 0.5) is 11.4 Å². The van der Waals surface area contributed by atoms with Crippen LogP contribution in [0.15, 0.2) is 41.2 Å². The van der Waals surface area contributed by atoms with Gasteiger partial charge in [0.1, 0.15) is 22.8 Å². The number of nitrogens with one attached hydrogen (secondary N) is 1. The highest BCUT2D eigenvalue weighted by Gasteiger charge is 2.65. The number of phenolic OH excluding ortho intramolecular Hbond substituents is 1. The number of hydrogen-bond donors (Lipinski definition) is 6. The van der Waals surface area contributed by atoms with Crippen LogP contribution in [0.1, 0.15) is 35.6 Å². The van der Waals surface area contributed by atoms with Gasteiger partial charge in [0, 0.05) is 37.8 Å². The molecule has 0 unspecified atom stereocenters. The Balaban J connectivity index is 1.61. The number of aliphatic hydroxyl groups is 2. The van der Waals surface area contributed by atoms with Crippen molar-refractivity contribution >= 4 is 34.6 Å². The van der Waals surface area contributed by atoms with Gasteiger partial charge in [0.25, 0.3) is 5.91 Å². The zero-order valence-corrected chi connectivity index (χ0v) is 26.8. The van der Waals surface area contributed by atoms with Crippen LogP contribution >= 0.6 is 0 Å². The number of amides is 1. The number of ketones is 2. The number of nitrogens with two attached hydrogens (primary N) is 2. The monoisotopic (exact) mass is 635 g/mol. The highest BCUT2D eigenvalue weighted by Crippen LogP contribution is 2.54. The van der Waals surface area contributed by atoms with Gasteiger partial charge in [-0.05, 0) is 75.5 Å². The second-order valence-corrected chi connectivity index (χ2v) is 12.5. The van der Waals surface area contributed by atoms with Crippen molar-refractivity contribution in [3.8, 4) is 11.5 Å². The van der Waals surface area contributed by atoms with E-state index in [1.165, 1.54) is 0 Å². The number of nitrogens with zero attached hydrogens (tertiary/aromatic N) is 2. The van der Waals surface area contributed by atoms with Gasteiger partial charge in [-0.15, -0.1) is 0 Å². The number of aromatic hydroxyl groups is 1. The zero-order valence-electron chi connectivity index (χ0n) is 26.8. The molecule has 0 radical (unpaired) electrons. The number of aliphatic hydroxyl groups excluding tert-OH is 1. The molecule has 3 aliphatic rings. The summed E-state index contributed by atoms with van der Waals surface area (Å²) in [7, 11) is 6.92. The summed E-state index contributed by atoms with van der Waals surface area (Å²) in [6.45, 7) is 4.74. The molecule has 0 heterocycles. The van der Waals surface area contributed by atoms with Crippen LogP contribution in [0.5, 0.6) is 11.5 Å². The van der Waals surface area contributed by atoms with Crippen molar-refractivity contribution in [3.05, 3.63) is 63.4 Å². The van der Waals surface area contributed by atoms with Crippen LogP contribution in [0, 0.1) is 18.8 Å². The minimum atomic E-state index is -2.74. The molecule has 0 aliphatic heterocycles. The molecule has 4 atom stereocenters. The molecular formula is C33H41N5O8. The highest BCUT2D eigenvalue weighted by atomic mass is 16.6. The van der Waals surface area contributed by atoms with Crippen molar-refractivity contribution in [2.24, 2.45) is 23.5 Å². The Morgan fingerprint density at radius 3 is 2.39 bits per heavy atom. The first-order valence-electron chi connectivity index (χ1n) is 15.0. The predicted octanol–water partition coefficient (Wildman–Crippen LogP) is 1.68.